The Morgan fingerprint density at radius 1 is 1.18 bits per heavy atom. The van der Waals surface area contributed by atoms with Crippen molar-refractivity contribution < 1.29 is 5.11 Å². The van der Waals surface area contributed by atoms with Gasteiger partial charge in [-0.05, 0) is 29.3 Å². The average Bonchev–Trinajstić information content (AvgIpc) is 2.83. The van der Waals surface area contributed by atoms with Crippen molar-refractivity contribution in [3.05, 3.63) is 60.0 Å². The van der Waals surface area contributed by atoms with Crippen molar-refractivity contribution in [3.63, 3.8) is 0 Å². The molecule has 2 N–H and O–H groups in total. The zero-order chi connectivity index (χ0) is 11.7. The van der Waals surface area contributed by atoms with Crippen LogP contribution in [0.15, 0.2) is 48.9 Å². The highest BCUT2D eigenvalue weighted by atomic mass is 16.3. The summed E-state index contributed by atoms with van der Waals surface area (Å²) in [6.45, 7) is 0. The van der Waals surface area contributed by atoms with Crippen LogP contribution in [0.1, 0.15) is 11.1 Å². The van der Waals surface area contributed by atoms with Gasteiger partial charge < -0.3 is 10.1 Å². The third kappa shape index (κ3) is 1.76. The summed E-state index contributed by atoms with van der Waals surface area (Å²) < 4.78 is 0. The number of fused-ring (bicyclic) bond motifs is 1. The van der Waals surface area contributed by atoms with Gasteiger partial charge in [0.1, 0.15) is 5.75 Å². The number of H-pyrrole nitrogens is 1. The van der Waals surface area contributed by atoms with E-state index in [4.69, 9.17) is 0 Å². The first kappa shape index (κ1) is 9.90. The molecule has 0 saturated heterocycles. The van der Waals surface area contributed by atoms with E-state index in [2.05, 4.69) is 9.97 Å². The predicted molar refractivity (Wildman–Crippen MR) is 67.0 cm³/mol. The first-order chi connectivity index (χ1) is 8.34. The van der Waals surface area contributed by atoms with E-state index < -0.39 is 0 Å². The average molecular weight is 224 g/mol. The molecule has 2 heterocycles. The van der Waals surface area contributed by atoms with Gasteiger partial charge in [-0.15, -0.1) is 0 Å². The number of hydrogen-bond acceptors (Lipinski definition) is 2. The predicted octanol–water partition coefficient (Wildman–Crippen LogP) is 2.86. The van der Waals surface area contributed by atoms with Crippen LogP contribution in [0, 0.1) is 0 Å². The van der Waals surface area contributed by atoms with E-state index >= 15 is 0 Å². The van der Waals surface area contributed by atoms with Crippen molar-refractivity contribution in [1.29, 1.82) is 0 Å². The van der Waals surface area contributed by atoms with E-state index in [9.17, 15) is 5.11 Å². The van der Waals surface area contributed by atoms with Crippen molar-refractivity contribution in [1.82, 2.24) is 9.97 Å². The largest absolute Gasteiger partial charge is 0.507 e. The van der Waals surface area contributed by atoms with Crippen LogP contribution >= 0.6 is 0 Å². The van der Waals surface area contributed by atoms with Gasteiger partial charge in [0.25, 0.3) is 0 Å². The molecule has 84 valence electrons. The number of nitrogens with zero attached hydrogens (tertiary/aromatic N) is 1. The maximum absolute atomic E-state index is 10.2. The summed E-state index contributed by atoms with van der Waals surface area (Å²) in [5.74, 6) is 0.354. The summed E-state index contributed by atoms with van der Waals surface area (Å²) in [6.07, 6.45) is 6.10. The highest BCUT2D eigenvalue weighted by Crippen LogP contribution is 2.29. The van der Waals surface area contributed by atoms with Crippen LogP contribution in [0.25, 0.3) is 10.9 Å². The summed E-state index contributed by atoms with van der Waals surface area (Å²) in [7, 11) is 0. The molecule has 3 rings (SSSR count). The normalized spacial score (nSPS) is 10.8. The van der Waals surface area contributed by atoms with Crippen molar-refractivity contribution in [2.24, 2.45) is 0 Å². The van der Waals surface area contributed by atoms with Gasteiger partial charge in [-0.1, -0.05) is 12.1 Å². The molecule has 0 atom stereocenters. The zero-order valence-electron chi connectivity index (χ0n) is 9.22. The number of rotatable bonds is 2. The van der Waals surface area contributed by atoms with E-state index in [1.54, 1.807) is 6.20 Å². The quantitative estimate of drug-likeness (QED) is 0.703. The second-order valence-corrected chi connectivity index (χ2v) is 4.05. The highest BCUT2D eigenvalue weighted by Gasteiger charge is 2.07. The van der Waals surface area contributed by atoms with Crippen LogP contribution in [0.5, 0.6) is 5.75 Å². The lowest BCUT2D eigenvalue weighted by Crippen LogP contribution is -1.89. The number of aromatic amines is 1. The highest BCUT2D eigenvalue weighted by molar-refractivity contribution is 5.86. The minimum atomic E-state index is 0.354. The number of phenolic OH excluding ortho intramolecular Hbond substituents is 1. The van der Waals surface area contributed by atoms with Gasteiger partial charge in [0, 0.05) is 35.9 Å². The molecular formula is C14H12N2O. The Labute approximate surface area is 98.8 Å². The van der Waals surface area contributed by atoms with Crippen molar-refractivity contribution in [2.45, 2.75) is 6.42 Å². The summed E-state index contributed by atoms with van der Waals surface area (Å²) in [5.41, 5.74) is 2.97. The maximum atomic E-state index is 10.2. The molecular weight excluding hydrogens is 212 g/mol. The fourth-order valence-electron chi connectivity index (χ4n) is 2.03. The fraction of sp³-hybridized carbons (Fsp3) is 0.0714. The number of pyridine rings is 1. The molecule has 0 aliphatic rings. The number of aromatic nitrogens is 2. The number of phenols is 1. The first-order valence-corrected chi connectivity index (χ1v) is 5.51. The molecule has 0 aliphatic carbocycles. The van der Waals surface area contributed by atoms with E-state index in [1.165, 1.54) is 0 Å². The zero-order valence-corrected chi connectivity index (χ0v) is 9.22. The second-order valence-electron chi connectivity index (χ2n) is 4.05. The van der Waals surface area contributed by atoms with Crippen molar-refractivity contribution >= 4 is 10.9 Å². The Balaban J connectivity index is 2.03. The Kier molecular flexibility index (Phi) is 2.29. The van der Waals surface area contributed by atoms with Gasteiger partial charge in [0.15, 0.2) is 0 Å². The van der Waals surface area contributed by atoms with Gasteiger partial charge in [0.05, 0.1) is 0 Å². The summed E-state index contributed by atoms with van der Waals surface area (Å²) in [6, 6.07) is 9.73. The molecule has 1 aromatic carbocycles. The number of benzene rings is 1. The Morgan fingerprint density at radius 3 is 2.94 bits per heavy atom. The lowest BCUT2D eigenvalue weighted by molar-refractivity contribution is 0.476. The standard InChI is InChI=1S/C14H12N2O/c17-14-11(8-10-2-1-6-15-9-10)3-4-13-12(14)5-7-16-13/h1-7,9,16-17H,8H2. The van der Waals surface area contributed by atoms with Crippen molar-refractivity contribution in [3.8, 4) is 5.75 Å². The van der Waals surface area contributed by atoms with Crippen LogP contribution in [0.3, 0.4) is 0 Å². The second kappa shape index (κ2) is 3.94. The molecule has 0 radical (unpaired) electrons. The van der Waals surface area contributed by atoms with Gasteiger partial charge in [-0.3, -0.25) is 4.98 Å². The summed E-state index contributed by atoms with van der Waals surface area (Å²) >= 11 is 0. The molecule has 0 spiro atoms. The third-order valence-corrected chi connectivity index (χ3v) is 2.91. The van der Waals surface area contributed by atoms with Crippen LogP contribution < -0.4 is 0 Å². The number of hydrogen-bond donors (Lipinski definition) is 2. The molecule has 0 fully saturated rings. The molecule has 0 unspecified atom stereocenters. The molecule has 0 aliphatic heterocycles. The van der Waals surface area contributed by atoms with Gasteiger partial charge >= 0.3 is 0 Å². The van der Waals surface area contributed by atoms with Gasteiger partial charge in [-0.2, -0.15) is 0 Å². The first-order valence-electron chi connectivity index (χ1n) is 5.51. The minimum Gasteiger partial charge on any atom is -0.507 e. The lowest BCUT2D eigenvalue weighted by Gasteiger charge is -2.05. The Bertz CT molecular complexity index is 644. The molecule has 0 saturated carbocycles. The molecule has 3 nitrogen and oxygen atoms in total. The molecule has 3 aromatic rings. The number of nitrogens with one attached hydrogen (secondary N) is 1. The van der Waals surface area contributed by atoms with E-state index in [0.29, 0.717) is 12.2 Å². The Hall–Kier alpha value is -2.29. The van der Waals surface area contributed by atoms with E-state index in [1.807, 2.05) is 42.7 Å². The SMILES string of the molecule is Oc1c(Cc2cccnc2)ccc2[nH]ccc12. The smallest absolute Gasteiger partial charge is 0.128 e. The third-order valence-electron chi connectivity index (χ3n) is 2.91. The molecule has 2 aromatic heterocycles. The molecule has 0 amide bonds. The van der Waals surface area contributed by atoms with Crippen molar-refractivity contribution in [2.75, 3.05) is 0 Å². The van der Waals surface area contributed by atoms with Crippen LogP contribution in [0.2, 0.25) is 0 Å². The monoisotopic (exact) mass is 224 g/mol. The van der Waals surface area contributed by atoms with Crippen LogP contribution in [-0.4, -0.2) is 15.1 Å². The summed E-state index contributed by atoms with van der Waals surface area (Å²) in [5, 5.41) is 11.0. The summed E-state index contributed by atoms with van der Waals surface area (Å²) in [4.78, 5) is 7.15. The number of aromatic hydroxyl groups is 1. The molecule has 0 bridgehead atoms. The van der Waals surface area contributed by atoms with Crippen LogP contribution in [0.4, 0.5) is 0 Å². The van der Waals surface area contributed by atoms with E-state index in [-0.39, 0.29) is 0 Å². The maximum Gasteiger partial charge on any atom is 0.128 e. The van der Waals surface area contributed by atoms with E-state index in [0.717, 1.165) is 22.0 Å². The Morgan fingerprint density at radius 2 is 2.12 bits per heavy atom. The minimum absolute atomic E-state index is 0.354. The fourth-order valence-corrected chi connectivity index (χ4v) is 2.03. The molecule has 17 heavy (non-hydrogen) atoms. The lowest BCUT2D eigenvalue weighted by atomic mass is 10.0. The van der Waals surface area contributed by atoms with Gasteiger partial charge in [-0.25, -0.2) is 0 Å². The topological polar surface area (TPSA) is 48.9 Å². The van der Waals surface area contributed by atoms with Gasteiger partial charge in [0.2, 0.25) is 0 Å². The molecule has 3 heteroatoms. The van der Waals surface area contributed by atoms with Crippen LogP contribution in [-0.2, 0) is 6.42 Å².